The standard InChI is InChI=1S/C25H32BrNO5/c1-4-5-15(11-16-12-17(26)7-9-20(16)29)6-8-21(30)22-14(2)10-18-23(19(22)13-28)25(32)27(3)24(18)31/h7,9,11-12,18-19,21,23,28-30H,4-6,8,10,13H2,1-3H3/b15-11+/t18-,19+,21-,23-/m1/s1. The third-order valence-electron chi connectivity index (χ3n) is 6.76. The first-order valence-electron chi connectivity index (χ1n) is 11.2. The van der Waals surface area contributed by atoms with E-state index in [2.05, 4.69) is 22.9 Å². The average Bonchev–Trinajstić information content (AvgIpc) is 2.97. The summed E-state index contributed by atoms with van der Waals surface area (Å²) in [5.74, 6) is -1.86. The van der Waals surface area contributed by atoms with Crippen molar-refractivity contribution in [1.29, 1.82) is 0 Å². The van der Waals surface area contributed by atoms with Crippen molar-refractivity contribution in [2.24, 2.45) is 17.8 Å². The lowest BCUT2D eigenvalue weighted by atomic mass is 9.68. The number of carbonyl (C=O) groups excluding carboxylic acids is 2. The molecule has 6 nitrogen and oxygen atoms in total. The number of aromatic hydroxyl groups is 1. The minimum Gasteiger partial charge on any atom is -0.507 e. The fraction of sp³-hybridized carbons (Fsp3) is 0.520. The van der Waals surface area contributed by atoms with Gasteiger partial charge in [-0.1, -0.05) is 46.5 Å². The number of likely N-dealkylation sites (tertiary alicyclic amines) is 1. The van der Waals surface area contributed by atoms with Crippen LogP contribution in [0.4, 0.5) is 0 Å². The van der Waals surface area contributed by atoms with Gasteiger partial charge in [0, 0.05) is 23.0 Å². The number of halogens is 1. The number of carbonyl (C=O) groups is 2. The van der Waals surface area contributed by atoms with Gasteiger partial charge in [-0.3, -0.25) is 14.5 Å². The molecule has 1 aromatic rings. The van der Waals surface area contributed by atoms with Crippen LogP contribution in [-0.2, 0) is 9.59 Å². The summed E-state index contributed by atoms with van der Waals surface area (Å²) in [4.78, 5) is 26.3. The smallest absolute Gasteiger partial charge is 0.233 e. The number of hydrogen-bond donors (Lipinski definition) is 3. The quantitative estimate of drug-likeness (QED) is 0.365. The van der Waals surface area contributed by atoms with Crippen LogP contribution in [0.25, 0.3) is 6.08 Å². The van der Waals surface area contributed by atoms with Gasteiger partial charge < -0.3 is 15.3 Å². The molecule has 0 radical (unpaired) electrons. The van der Waals surface area contributed by atoms with Crippen molar-refractivity contribution >= 4 is 33.8 Å². The molecule has 2 amide bonds. The molecule has 4 atom stereocenters. The molecule has 32 heavy (non-hydrogen) atoms. The summed E-state index contributed by atoms with van der Waals surface area (Å²) in [7, 11) is 1.49. The maximum absolute atomic E-state index is 12.7. The number of amides is 2. The number of rotatable bonds is 8. The summed E-state index contributed by atoms with van der Waals surface area (Å²) in [5.41, 5.74) is 3.42. The van der Waals surface area contributed by atoms with Crippen LogP contribution in [0, 0.1) is 17.8 Å². The summed E-state index contributed by atoms with van der Waals surface area (Å²) in [5, 5.41) is 31.4. The Morgan fingerprint density at radius 2 is 2.00 bits per heavy atom. The molecule has 7 heteroatoms. The van der Waals surface area contributed by atoms with E-state index in [0.717, 1.165) is 38.9 Å². The van der Waals surface area contributed by atoms with Crippen molar-refractivity contribution in [3.63, 3.8) is 0 Å². The Balaban J connectivity index is 1.81. The number of aliphatic hydroxyl groups excluding tert-OH is 2. The van der Waals surface area contributed by atoms with E-state index >= 15 is 0 Å². The fourth-order valence-corrected chi connectivity index (χ4v) is 5.58. The molecule has 0 aromatic heterocycles. The Labute approximate surface area is 197 Å². The normalized spacial score (nSPS) is 24.9. The highest BCUT2D eigenvalue weighted by Gasteiger charge is 2.53. The minimum absolute atomic E-state index is 0.201. The van der Waals surface area contributed by atoms with E-state index in [1.54, 1.807) is 12.1 Å². The molecule has 0 spiro atoms. The van der Waals surface area contributed by atoms with Gasteiger partial charge in [-0.25, -0.2) is 0 Å². The number of fused-ring (bicyclic) bond motifs is 1. The van der Waals surface area contributed by atoms with Crippen molar-refractivity contribution in [2.45, 2.75) is 52.1 Å². The second kappa shape index (κ2) is 10.3. The number of benzene rings is 1. The SMILES string of the molecule is CCC/C(=C\c1cc(Br)ccc1O)CC[C@@H](O)C1=C(C)C[C@H]2C(=O)N(C)C(=O)[C@H]2[C@H]1CO. The molecule has 0 saturated carbocycles. The molecule has 0 unspecified atom stereocenters. The van der Waals surface area contributed by atoms with E-state index in [4.69, 9.17) is 0 Å². The third-order valence-corrected chi connectivity index (χ3v) is 7.26. The summed E-state index contributed by atoms with van der Waals surface area (Å²) in [6.45, 7) is 3.69. The maximum Gasteiger partial charge on any atom is 0.233 e. The van der Waals surface area contributed by atoms with Gasteiger partial charge in [0.2, 0.25) is 11.8 Å². The van der Waals surface area contributed by atoms with Crippen LogP contribution in [0.5, 0.6) is 5.75 Å². The zero-order valence-electron chi connectivity index (χ0n) is 18.8. The Morgan fingerprint density at radius 1 is 1.28 bits per heavy atom. The van der Waals surface area contributed by atoms with Gasteiger partial charge in [0.25, 0.3) is 0 Å². The number of aliphatic hydroxyl groups is 2. The Hall–Kier alpha value is -1.96. The summed E-state index contributed by atoms with van der Waals surface area (Å²) < 4.78 is 0.876. The lowest BCUT2D eigenvalue weighted by molar-refractivity contribution is -0.138. The van der Waals surface area contributed by atoms with E-state index in [0.29, 0.717) is 24.8 Å². The van der Waals surface area contributed by atoms with Crippen molar-refractivity contribution in [3.8, 4) is 5.75 Å². The average molecular weight is 506 g/mol. The highest BCUT2D eigenvalue weighted by Crippen LogP contribution is 2.45. The van der Waals surface area contributed by atoms with Crippen LogP contribution >= 0.6 is 15.9 Å². The van der Waals surface area contributed by atoms with Crippen LogP contribution in [0.15, 0.2) is 39.4 Å². The van der Waals surface area contributed by atoms with Gasteiger partial charge in [-0.05, 0) is 56.4 Å². The fourth-order valence-electron chi connectivity index (χ4n) is 5.20. The molecule has 0 bridgehead atoms. The number of allylic oxidation sites excluding steroid dienone is 2. The predicted molar refractivity (Wildman–Crippen MR) is 127 cm³/mol. The Bertz CT molecular complexity index is 954. The molecule has 1 saturated heterocycles. The van der Waals surface area contributed by atoms with E-state index in [1.165, 1.54) is 7.05 Å². The van der Waals surface area contributed by atoms with Gasteiger partial charge in [0.05, 0.1) is 24.5 Å². The van der Waals surface area contributed by atoms with Crippen LogP contribution in [-0.4, -0.2) is 51.8 Å². The first-order valence-corrected chi connectivity index (χ1v) is 12.0. The number of imide groups is 1. The molecule has 3 rings (SSSR count). The molecule has 2 aliphatic rings. The van der Waals surface area contributed by atoms with Crippen molar-refractivity contribution in [1.82, 2.24) is 4.90 Å². The van der Waals surface area contributed by atoms with E-state index < -0.39 is 23.9 Å². The Kier molecular flexibility index (Phi) is 7.96. The monoisotopic (exact) mass is 505 g/mol. The summed E-state index contributed by atoms with van der Waals surface area (Å²) in [6.07, 6.45) is 4.43. The van der Waals surface area contributed by atoms with Crippen molar-refractivity contribution in [2.75, 3.05) is 13.7 Å². The molecule has 3 N–H and O–H groups in total. The molecule has 1 heterocycles. The zero-order chi connectivity index (χ0) is 23.6. The second-order valence-electron chi connectivity index (χ2n) is 8.91. The highest BCUT2D eigenvalue weighted by atomic mass is 79.9. The van der Waals surface area contributed by atoms with Gasteiger partial charge in [0.15, 0.2) is 0 Å². The van der Waals surface area contributed by atoms with Crippen LogP contribution in [0.3, 0.4) is 0 Å². The molecule has 1 aromatic carbocycles. The molecular formula is C25H32BrNO5. The van der Waals surface area contributed by atoms with Gasteiger partial charge in [-0.2, -0.15) is 0 Å². The maximum atomic E-state index is 12.7. The zero-order valence-corrected chi connectivity index (χ0v) is 20.4. The van der Waals surface area contributed by atoms with E-state index in [9.17, 15) is 24.9 Å². The lowest BCUT2D eigenvalue weighted by Crippen LogP contribution is -2.38. The van der Waals surface area contributed by atoms with Crippen LogP contribution < -0.4 is 0 Å². The number of nitrogens with zero attached hydrogens (tertiary/aromatic N) is 1. The lowest BCUT2D eigenvalue weighted by Gasteiger charge is -2.35. The molecule has 1 aliphatic carbocycles. The summed E-state index contributed by atoms with van der Waals surface area (Å²) >= 11 is 3.43. The predicted octanol–water partition coefficient (Wildman–Crippen LogP) is 4.04. The first kappa shape index (κ1) is 24.7. The minimum atomic E-state index is -0.807. The number of phenols is 1. The van der Waals surface area contributed by atoms with E-state index in [-0.39, 0.29) is 24.2 Å². The van der Waals surface area contributed by atoms with Crippen molar-refractivity contribution < 1.29 is 24.9 Å². The van der Waals surface area contributed by atoms with Gasteiger partial charge in [0.1, 0.15) is 5.75 Å². The molecule has 174 valence electrons. The van der Waals surface area contributed by atoms with Crippen LogP contribution in [0.1, 0.15) is 51.5 Å². The number of hydrogen-bond acceptors (Lipinski definition) is 5. The third kappa shape index (κ3) is 4.85. The Morgan fingerprint density at radius 3 is 2.66 bits per heavy atom. The largest absolute Gasteiger partial charge is 0.507 e. The van der Waals surface area contributed by atoms with Gasteiger partial charge in [-0.15, -0.1) is 0 Å². The molecular weight excluding hydrogens is 474 g/mol. The van der Waals surface area contributed by atoms with Gasteiger partial charge >= 0.3 is 0 Å². The highest BCUT2D eigenvalue weighted by molar-refractivity contribution is 9.10. The van der Waals surface area contributed by atoms with Crippen molar-refractivity contribution in [3.05, 3.63) is 45.0 Å². The summed E-state index contributed by atoms with van der Waals surface area (Å²) in [6, 6.07) is 5.28. The van der Waals surface area contributed by atoms with E-state index in [1.807, 2.05) is 19.1 Å². The molecule has 1 aliphatic heterocycles. The second-order valence-corrected chi connectivity index (χ2v) is 9.82. The van der Waals surface area contributed by atoms with Crippen LogP contribution in [0.2, 0.25) is 0 Å². The first-order chi connectivity index (χ1) is 15.2. The molecule has 1 fully saturated rings. The topological polar surface area (TPSA) is 98.1 Å². The number of phenolic OH excluding ortho intramolecular Hbond substituents is 1.